The third-order valence-electron chi connectivity index (χ3n) is 5.61. The summed E-state index contributed by atoms with van der Waals surface area (Å²) in [6.07, 6.45) is -9.45. The highest BCUT2D eigenvalue weighted by Crippen LogP contribution is 2.37. The van der Waals surface area contributed by atoms with Crippen LogP contribution in [0.5, 0.6) is 0 Å². The van der Waals surface area contributed by atoms with Gasteiger partial charge in [-0.05, 0) is 54.4 Å². The van der Waals surface area contributed by atoms with Crippen LogP contribution in [0, 0.1) is 5.92 Å². The Balaban J connectivity index is 1.86. The van der Waals surface area contributed by atoms with Gasteiger partial charge in [0.2, 0.25) is 5.91 Å². The average Bonchev–Trinajstić information content (AvgIpc) is 2.73. The smallest absolute Gasteiger partial charge is 0.341 e. The minimum Gasteiger partial charge on any atom is -0.341 e. The first-order valence-electron chi connectivity index (χ1n) is 9.96. The summed E-state index contributed by atoms with van der Waals surface area (Å²) in [7, 11) is 1.36. The van der Waals surface area contributed by atoms with E-state index in [1.54, 1.807) is 18.2 Å². The summed E-state index contributed by atoms with van der Waals surface area (Å²) in [4.78, 5) is 14.4. The van der Waals surface area contributed by atoms with Crippen LogP contribution >= 0.6 is 23.2 Å². The molecule has 0 aromatic heterocycles. The van der Waals surface area contributed by atoms with Crippen LogP contribution in [0.1, 0.15) is 34.6 Å². The van der Waals surface area contributed by atoms with Crippen molar-refractivity contribution in [3.63, 3.8) is 0 Å². The van der Waals surface area contributed by atoms with Gasteiger partial charge in [0.05, 0.1) is 21.2 Å². The highest BCUT2D eigenvalue weighted by atomic mass is 35.5. The van der Waals surface area contributed by atoms with Gasteiger partial charge < -0.3 is 10.2 Å². The molecule has 1 aliphatic rings. The maximum absolute atomic E-state index is 13.2. The number of carbonyl (C=O) groups excluding carboxylic acids is 1. The molecule has 0 bridgehead atoms. The zero-order valence-corrected chi connectivity index (χ0v) is 18.8. The van der Waals surface area contributed by atoms with Crippen molar-refractivity contribution in [3.8, 4) is 0 Å². The summed E-state index contributed by atoms with van der Waals surface area (Å²) in [6, 6.07) is 6.35. The lowest BCUT2D eigenvalue weighted by atomic mass is 9.80. The van der Waals surface area contributed by atoms with E-state index in [9.17, 15) is 31.1 Å². The number of benzene rings is 2. The second-order valence-corrected chi connectivity index (χ2v) is 8.80. The lowest BCUT2D eigenvalue weighted by Gasteiger charge is -2.34. The van der Waals surface area contributed by atoms with Gasteiger partial charge in [-0.3, -0.25) is 4.79 Å². The van der Waals surface area contributed by atoms with E-state index >= 15 is 0 Å². The molecule has 1 N–H and O–H groups in total. The first kappa shape index (κ1) is 25.6. The van der Waals surface area contributed by atoms with Gasteiger partial charge >= 0.3 is 12.4 Å². The summed E-state index contributed by atoms with van der Waals surface area (Å²) in [5, 5.41) is 3.87. The van der Waals surface area contributed by atoms with E-state index in [0.717, 1.165) is 10.5 Å². The molecule has 3 rings (SSSR count). The van der Waals surface area contributed by atoms with Crippen LogP contribution in [0.25, 0.3) is 0 Å². The standard InChI is InChI=1S/C22H20Cl2F6N2O/c1-32(11-12-6-14(21(25,26)27)9-15(7-12)22(28,29)30)20(33)16-4-5-31-10-17(16)13-2-3-18(23)19(24)8-13/h2-3,6-9,16-17,31H,4-5,10-11H2,1H3/t16-,17+/m1/s1. The Bertz CT molecular complexity index is 993. The van der Waals surface area contributed by atoms with Crippen LogP contribution in [0.3, 0.4) is 0 Å². The van der Waals surface area contributed by atoms with E-state index in [2.05, 4.69) is 5.32 Å². The molecule has 0 aliphatic carbocycles. The Morgan fingerprint density at radius 1 is 1.00 bits per heavy atom. The fourth-order valence-corrected chi connectivity index (χ4v) is 4.30. The van der Waals surface area contributed by atoms with Crippen LogP contribution in [0.4, 0.5) is 26.3 Å². The van der Waals surface area contributed by atoms with Gasteiger partial charge in [-0.1, -0.05) is 29.3 Å². The third-order valence-corrected chi connectivity index (χ3v) is 6.35. The number of rotatable bonds is 4. The van der Waals surface area contributed by atoms with Gasteiger partial charge in [-0.15, -0.1) is 0 Å². The lowest BCUT2D eigenvalue weighted by Crippen LogP contribution is -2.43. The zero-order valence-electron chi connectivity index (χ0n) is 17.3. The number of halogens is 8. The predicted molar refractivity (Wildman–Crippen MR) is 113 cm³/mol. The summed E-state index contributed by atoms with van der Waals surface area (Å²) >= 11 is 12.1. The topological polar surface area (TPSA) is 32.3 Å². The molecule has 2 atom stereocenters. The Morgan fingerprint density at radius 2 is 1.61 bits per heavy atom. The molecule has 11 heteroatoms. The van der Waals surface area contributed by atoms with E-state index < -0.39 is 35.9 Å². The second kappa shape index (κ2) is 9.72. The lowest BCUT2D eigenvalue weighted by molar-refractivity contribution is -0.143. The van der Waals surface area contributed by atoms with E-state index in [1.807, 2.05) is 0 Å². The fourth-order valence-electron chi connectivity index (χ4n) is 3.99. The van der Waals surface area contributed by atoms with Gasteiger partial charge in [0.25, 0.3) is 0 Å². The molecular formula is C22H20Cl2F6N2O. The Kier molecular flexibility index (Phi) is 7.55. The van der Waals surface area contributed by atoms with Gasteiger partial charge in [-0.25, -0.2) is 0 Å². The fraction of sp³-hybridized carbons (Fsp3) is 0.409. The SMILES string of the molecule is CN(Cc1cc(C(F)(F)F)cc(C(F)(F)F)c1)C(=O)[C@@H]1CCNC[C@H]1c1ccc(Cl)c(Cl)c1. The van der Waals surface area contributed by atoms with Crippen LogP contribution in [-0.4, -0.2) is 30.9 Å². The molecule has 0 spiro atoms. The number of hydrogen-bond acceptors (Lipinski definition) is 2. The molecule has 2 aromatic carbocycles. The number of nitrogens with one attached hydrogen (secondary N) is 1. The summed E-state index contributed by atoms with van der Waals surface area (Å²) < 4.78 is 78.9. The minimum atomic E-state index is -4.95. The maximum atomic E-state index is 13.2. The summed E-state index contributed by atoms with van der Waals surface area (Å²) in [5.41, 5.74) is -2.32. The van der Waals surface area contributed by atoms with Crippen molar-refractivity contribution < 1.29 is 31.1 Å². The molecule has 1 saturated heterocycles. The van der Waals surface area contributed by atoms with Gasteiger partial charge in [0.15, 0.2) is 0 Å². The normalized spacial score (nSPS) is 19.4. The van der Waals surface area contributed by atoms with Gasteiger partial charge in [-0.2, -0.15) is 26.3 Å². The molecule has 33 heavy (non-hydrogen) atoms. The van der Waals surface area contributed by atoms with Crippen LogP contribution < -0.4 is 5.32 Å². The van der Waals surface area contributed by atoms with Crippen molar-refractivity contribution in [1.82, 2.24) is 10.2 Å². The molecule has 2 aromatic rings. The molecule has 1 aliphatic heterocycles. The monoisotopic (exact) mass is 512 g/mol. The van der Waals surface area contributed by atoms with E-state index in [-0.39, 0.29) is 23.5 Å². The molecule has 180 valence electrons. The van der Waals surface area contributed by atoms with Crippen molar-refractivity contribution in [1.29, 1.82) is 0 Å². The number of nitrogens with zero attached hydrogens (tertiary/aromatic N) is 1. The first-order valence-corrected chi connectivity index (χ1v) is 10.7. The molecule has 0 unspecified atom stereocenters. The second-order valence-electron chi connectivity index (χ2n) is 7.99. The molecule has 1 fully saturated rings. The van der Waals surface area contributed by atoms with Gasteiger partial charge in [0, 0.05) is 32.0 Å². The van der Waals surface area contributed by atoms with Crippen LogP contribution in [0.15, 0.2) is 36.4 Å². The predicted octanol–water partition coefficient (Wildman–Crippen LogP) is 6.38. The van der Waals surface area contributed by atoms with Crippen LogP contribution in [0.2, 0.25) is 10.0 Å². The van der Waals surface area contributed by atoms with Crippen molar-refractivity contribution in [2.45, 2.75) is 31.2 Å². The molecule has 3 nitrogen and oxygen atoms in total. The number of alkyl halides is 6. The quantitative estimate of drug-likeness (QED) is 0.482. The van der Waals surface area contributed by atoms with Gasteiger partial charge in [0.1, 0.15) is 0 Å². The molecule has 0 radical (unpaired) electrons. The average molecular weight is 513 g/mol. The van der Waals surface area contributed by atoms with E-state index in [1.165, 1.54) is 7.05 Å². The van der Waals surface area contributed by atoms with Crippen molar-refractivity contribution in [2.24, 2.45) is 5.92 Å². The van der Waals surface area contributed by atoms with Crippen molar-refractivity contribution >= 4 is 29.1 Å². The number of carbonyl (C=O) groups is 1. The highest BCUT2D eigenvalue weighted by molar-refractivity contribution is 6.42. The summed E-state index contributed by atoms with van der Waals surface area (Å²) in [5.74, 6) is -1.18. The van der Waals surface area contributed by atoms with E-state index in [0.29, 0.717) is 41.7 Å². The van der Waals surface area contributed by atoms with E-state index in [4.69, 9.17) is 23.2 Å². The largest absolute Gasteiger partial charge is 0.416 e. The molecular weight excluding hydrogens is 493 g/mol. The first-order chi connectivity index (χ1) is 15.3. The maximum Gasteiger partial charge on any atom is 0.416 e. The zero-order chi connectivity index (χ0) is 24.6. The Hall–Kier alpha value is -1.97. The van der Waals surface area contributed by atoms with Crippen molar-refractivity contribution in [2.75, 3.05) is 20.1 Å². The Morgan fingerprint density at radius 3 is 2.15 bits per heavy atom. The minimum absolute atomic E-state index is 0.0679. The molecule has 0 saturated carbocycles. The number of piperidine rings is 1. The number of amides is 1. The Labute approximate surface area is 196 Å². The highest BCUT2D eigenvalue weighted by Gasteiger charge is 2.38. The molecule has 1 amide bonds. The summed E-state index contributed by atoms with van der Waals surface area (Å²) in [6.45, 7) is 0.609. The molecule has 1 heterocycles. The number of hydrogen-bond donors (Lipinski definition) is 1. The van der Waals surface area contributed by atoms with Crippen LogP contribution in [-0.2, 0) is 23.7 Å². The third kappa shape index (κ3) is 6.13. The van der Waals surface area contributed by atoms with Crippen molar-refractivity contribution in [3.05, 3.63) is 68.7 Å².